The standard InChI is InChI=1S/C22H38O4/c1-22-10-9-15(23)11-14(22)12-19(24)21-17-6-5-13(3-2-4-20(25)26)16(17)7-8-18(21)22/h13-21,23-26H,2-12H2,1H3/t13-,14-,15+,16?,17+,18-,19+,21-,22-/m0/s1. The van der Waals surface area contributed by atoms with Crippen molar-refractivity contribution in [1.82, 2.24) is 0 Å². The lowest BCUT2D eigenvalue weighted by molar-refractivity contribution is -0.157. The highest BCUT2D eigenvalue weighted by Crippen LogP contribution is 2.64. The van der Waals surface area contributed by atoms with Gasteiger partial charge in [0.1, 0.15) is 0 Å². The van der Waals surface area contributed by atoms with Crippen LogP contribution in [0.4, 0.5) is 0 Å². The van der Waals surface area contributed by atoms with Crippen LogP contribution in [-0.4, -0.2) is 38.9 Å². The molecule has 150 valence electrons. The lowest BCUT2D eigenvalue weighted by Gasteiger charge is -2.60. The van der Waals surface area contributed by atoms with Crippen molar-refractivity contribution in [3.63, 3.8) is 0 Å². The van der Waals surface area contributed by atoms with Crippen LogP contribution < -0.4 is 0 Å². The lowest BCUT2D eigenvalue weighted by atomic mass is 9.46. The highest BCUT2D eigenvalue weighted by Gasteiger charge is 2.58. The van der Waals surface area contributed by atoms with Crippen LogP contribution in [0.5, 0.6) is 0 Å². The first-order valence-corrected chi connectivity index (χ1v) is 11.1. The molecule has 9 atom stereocenters. The zero-order valence-electron chi connectivity index (χ0n) is 16.3. The summed E-state index contributed by atoms with van der Waals surface area (Å²) in [5.41, 5.74) is 0.313. The summed E-state index contributed by atoms with van der Waals surface area (Å²) < 4.78 is 0. The number of hydrogen-bond donors (Lipinski definition) is 4. The summed E-state index contributed by atoms with van der Waals surface area (Å²) in [6.45, 7) is 2.46. The SMILES string of the molecule is C[C@]12CC[C@@H](O)C[C@H]1C[C@@H](O)[C@H]1[C@@H]3CC[C@H](CCCC(O)O)C3CC[C@@H]12. The second-order valence-electron chi connectivity index (χ2n) is 10.3. The minimum absolute atomic E-state index is 0.161. The minimum atomic E-state index is -1.17. The van der Waals surface area contributed by atoms with E-state index in [4.69, 9.17) is 10.2 Å². The third-order valence-electron chi connectivity index (χ3n) is 9.16. The largest absolute Gasteiger partial charge is 0.393 e. The highest BCUT2D eigenvalue weighted by molar-refractivity contribution is 5.08. The van der Waals surface area contributed by atoms with Gasteiger partial charge in [-0.3, -0.25) is 0 Å². The predicted octanol–water partition coefficient (Wildman–Crippen LogP) is 3.07. The van der Waals surface area contributed by atoms with E-state index in [0.29, 0.717) is 41.4 Å². The van der Waals surface area contributed by atoms with Gasteiger partial charge in [-0.25, -0.2) is 0 Å². The zero-order chi connectivity index (χ0) is 18.5. The second-order valence-corrected chi connectivity index (χ2v) is 10.3. The Morgan fingerprint density at radius 2 is 1.73 bits per heavy atom. The molecule has 4 N–H and O–H groups in total. The zero-order valence-corrected chi connectivity index (χ0v) is 16.3. The molecule has 4 aliphatic carbocycles. The molecule has 0 radical (unpaired) electrons. The molecule has 4 rings (SSSR count). The maximum absolute atomic E-state index is 11.1. The number of hydrogen-bond acceptors (Lipinski definition) is 4. The topological polar surface area (TPSA) is 80.9 Å². The summed E-state index contributed by atoms with van der Waals surface area (Å²) in [7, 11) is 0. The first-order valence-electron chi connectivity index (χ1n) is 11.1. The molecule has 0 aromatic heterocycles. The van der Waals surface area contributed by atoms with E-state index in [1.807, 2.05) is 0 Å². The smallest absolute Gasteiger partial charge is 0.151 e. The van der Waals surface area contributed by atoms with Gasteiger partial charge in [0.05, 0.1) is 12.2 Å². The number of fused-ring (bicyclic) bond motifs is 5. The van der Waals surface area contributed by atoms with E-state index in [1.54, 1.807) is 0 Å². The van der Waals surface area contributed by atoms with Crippen molar-refractivity contribution in [3.05, 3.63) is 0 Å². The van der Waals surface area contributed by atoms with E-state index in [2.05, 4.69) is 6.92 Å². The van der Waals surface area contributed by atoms with Gasteiger partial charge in [-0.2, -0.15) is 0 Å². The van der Waals surface area contributed by atoms with Crippen LogP contribution >= 0.6 is 0 Å². The Bertz CT molecular complexity index is 495. The van der Waals surface area contributed by atoms with Crippen LogP contribution in [0.3, 0.4) is 0 Å². The maximum Gasteiger partial charge on any atom is 0.151 e. The quantitative estimate of drug-likeness (QED) is 0.577. The van der Waals surface area contributed by atoms with Crippen LogP contribution in [0.2, 0.25) is 0 Å². The van der Waals surface area contributed by atoms with E-state index in [0.717, 1.165) is 44.4 Å². The highest BCUT2D eigenvalue weighted by atomic mass is 16.5. The van der Waals surface area contributed by atoms with Gasteiger partial charge in [0.2, 0.25) is 0 Å². The Morgan fingerprint density at radius 3 is 2.50 bits per heavy atom. The molecule has 4 heteroatoms. The van der Waals surface area contributed by atoms with Gasteiger partial charge in [0.15, 0.2) is 6.29 Å². The summed E-state index contributed by atoms with van der Waals surface area (Å²) in [6, 6.07) is 0. The first-order chi connectivity index (χ1) is 12.4. The molecule has 0 bridgehead atoms. The average molecular weight is 367 g/mol. The molecule has 0 spiro atoms. The normalized spacial score (nSPS) is 51.0. The van der Waals surface area contributed by atoms with Gasteiger partial charge >= 0.3 is 0 Å². The van der Waals surface area contributed by atoms with E-state index in [9.17, 15) is 10.2 Å². The van der Waals surface area contributed by atoms with Gasteiger partial charge in [-0.05, 0) is 112 Å². The molecule has 0 saturated heterocycles. The predicted molar refractivity (Wildman–Crippen MR) is 100 cm³/mol. The molecular weight excluding hydrogens is 328 g/mol. The van der Waals surface area contributed by atoms with Crippen molar-refractivity contribution < 1.29 is 20.4 Å². The van der Waals surface area contributed by atoms with Crippen LogP contribution in [-0.2, 0) is 0 Å². The Morgan fingerprint density at radius 1 is 0.962 bits per heavy atom. The molecule has 4 fully saturated rings. The molecule has 1 unspecified atom stereocenters. The van der Waals surface area contributed by atoms with Gasteiger partial charge in [-0.15, -0.1) is 0 Å². The fourth-order valence-electron chi connectivity index (χ4n) is 7.92. The van der Waals surface area contributed by atoms with Crippen LogP contribution in [0.25, 0.3) is 0 Å². The van der Waals surface area contributed by atoms with Crippen LogP contribution in [0.15, 0.2) is 0 Å². The summed E-state index contributed by atoms with van der Waals surface area (Å²) in [5, 5.41) is 39.4. The van der Waals surface area contributed by atoms with Gasteiger partial charge < -0.3 is 20.4 Å². The molecule has 0 aromatic rings. The molecule has 26 heavy (non-hydrogen) atoms. The molecule has 0 heterocycles. The first kappa shape index (κ1) is 19.2. The van der Waals surface area contributed by atoms with Crippen molar-refractivity contribution in [2.24, 2.45) is 40.9 Å². The average Bonchev–Trinajstić information content (AvgIpc) is 3.00. The van der Waals surface area contributed by atoms with E-state index in [1.165, 1.54) is 25.7 Å². The van der Waals surface area contributed by atoms with E-state index in [-0.39, 0.29) is 12.2 Å². The fourth-order valence-corrected chi connectivity index (χ4v) is 7.92. The van der Waals surface area contributed by atoms with Crippen molar-refractivity contribution in [2.75, 3.05) is 0 Å². The summed E-state index contributed by atoms with van der Waals surface area (Å²) in [4.78, 5) is 0. The van der Waals surface area contributed by atoms with Crippen molar-refractivity contribution in [1.29, 1.82) is 0 Å². The van der Waals surface area contributed by atoms with Gasteiger partial charge in [-0.1, -0.05) is 6.92 Å². The van der Waals surface area contributed by atoms with Crippen molar-refractivity contribution >= 4 is 0 Å². The lowest BCUT2D eigenvalue weighted by Crippen LogP contribution is -2.56. The fraction of sp³-hybridized carbons (Fsp3) is 1.00. The van der Waals surface area contributed by atoms with E-state index >= 15 is 0 Å². The van der Waals surface area contributed by atoms with Gasteiger partial charge in [0, 0.05) is 0 Å². The third kappa shape index (κ3) is 3.25. The number of aliphatic hydroxyl groups is 4. The van der Waals surface area contributed by atoms with Crippen LogP contribution in [0, 0.1) is 40.9 Å². The molecule has 0 amide bonds. The molecule has 4 nitrogen and oxygen atoms in total. The Balaban J connectivity index is 1.47. The van der Waals surface area contributed by atoms with Crippen molar-refractivity contribution in [3.8, 4) is 0 Å². The second kappa shape index (κ2) is 7.35. The molecule has 4 aliphatic rings. The van der Waals surface area contributed by atoms with E-state index < -0.39 is 6.29 Å². The Labute approximate surface area is 158 Å². The third-order valence-corrected chi connectivity index (χ3v) is 9.16. The monoisotopic (exact) mass is 366 g/mol. The van der Waals surface area contributed by atoms with Crippen molar-refractivity contribution in [2.45, 2.75) is 96.1 Å². The molecule has 0 aromatic carbocycles. The maximum atomic E-state index is 11.1. The molecular formula is C22H38O4. The molecule has 4 saturated carbocycles. The molecule has 0 aliphatic heterocycles. The summed E-state index contributed by atoms with van der Waals surface area (Å²) in [5.74, 6) is 3.68. The minimum Gasteiger partial charge on any atom is -0.393 e. The van der Waals surface area contributed by atoms with Crippen LogP contribution in [0.1, 0.15) is 77.6 Å². The summed E-state index contributed by atoms with van der Waals surface area (Å²) in [6.07, 6.45) is 9.86. The summed E-state index contributed by atoms with van der Waals surface area (Å²) >= 11 is 0. The van der Waals surface area contributed by atoms with Gasteiger partial charge in [0.25, 0.3) is 0 Å². The number of aliphatic hydroxyl groups excluding tert-OH is 3. The Kier molecular flexibility index (Phi) is 5.42. The number of rotatable bonds is 4. The Hall–Kier alpha value is -0.160.